The van der Waals surface area contributed by atoms with Gasteiger partial charge in [0.2, 0.25) is 0 Å². The molecule has 0 aromatic rings. The lowest BCUT2D eigenvalue weighted by molar-refractivity contribution is 0.917. The fraction of sp³-hybridized carbons (Fsp3) is 0.625. The third-order valence-corrected chi connectivity index (χ3v) is 3.67. The molecule has 0 unspecified atom stereocenters. The molecule has 0 nitrogen and oxygen atoms in total. The molecule has 0 aliphatic rings. The van der Waals surface area contributed by atoms with E-state index in [2.05, 4.69) is 52.2 Å². The smallest absolute Gasteiger partial charge is 0.0137 e. The molecule has 0 aliphatic carbocycles. The van der Waals surface area contributed by atoms with Gasteiger partial charge in [0.1, 0.15) is 0 Å². The molecular formula is C16H28S. The fourth-order valence-electron chi connectivity index (χ4n) is 1.63. The van der Waals surface area contributed by atoms with Crippen LogP contribution in [0.2, 0.25) is 0 Å². The van der Waals surface area contributed by atoms with E-state index in [0.29, 0.717) is 0 Å². The Morgan fingerprint density at radius 1 is 0.882 bits per heavy atom. The summed E-state index contributed by atoms with van der Waals surface area (Å²) in [6.07, 6.45) is 13.9. The number of thioether (sulfide) groups is 1. The zero-order valence-corrected chi connectivity index (χ0v) is 13.0. The van der Waals surface area contributed by atoms with Crippen LogP contribution in [0.25, 0.3) is 0 Å². The lowest BCUT2D eigenvalue weighted by Crippen LogP contribution is -1.83. The quantitative estimate of drug-likeness (QED) is 0.494. The minimum Gasteiger partial charge on any atom is -0.161 e. The van der Waals surface area contributed by atoms with Gasteiger partial charge in [-0.1, -0.05) is 34.9 Å². The summed E-state index contributed by atoms with van der Waals surface area (Å²) in [6, 6.07) is 0. The van der Waals surface area contributed by atoms with E-state index in [1.54, 1.807) is 0 Å². The maximum atomic E-state index is 2.39. The van der Waals surface area contributed by atoms with Gasteiger partial charge in [-0.25, -0.2) is 0 Å². The average Bonchev–Trinajstić information content (AvgIpc) is 2.29. The highest BCUT2D eigenvalue weighted by Gasteiger charge is 1.92. The lowest BCUT2D eigenvalue weighted by atomic mass is 10.1. The molecule has 0 aromatic carbocycles. The van der Waals surface area contributed by atoms with Gasteiger partial charge in [0.15, 0.2) is 0 Å². The van der Waals surface area contributed by atoms with Crippen LogP contribution < -0.4 is 0 Å². The van der Waals surface area contributed by atoms with Crippen molar-refractivity contribution in [3.8, 4) is 0 Å². The Morgan fingerprint density at radius 3 is 1.94 bits per heavy atom. The van der Waals surface area contributed by atoms with Crippen molar-refractivity contribution in [2.45, 2.75) is 53.4 Å². The van der Waals surface area contributed by atoms with Crippen molar-refractivity contribution < 1.29 is 0 Å². The minimum atomic E-state index is 1.17. The predicted molar refractivity (Wildman–Crippen MR) is 83.8 cm³/mol. The van der Waals surface area contributed by atoms with Crippen molar-refractivity contribution in [2.24, 2.45) is 0 Å². The van der Waals surface area contributed by atoms with Crippen LogP contribution in [0.15, 0.2) is 34.9 Å². The van der Waals surface area contributed by atoms with E-state index in [0.717, 1.165) is 0 Å². The molecule has 0 amide bonds. The zero-order valence-electron chi connectivity index (χ0n) is 12.2. The van der Waals surface area contributed by atoms with E-state index in [4.69, 9.17) is 0 Å². The van der Waals surface area contributed by atoms with Gasteiger partial charge in [-0.2, -0.15) is 11.8 Å². The molecule has 0 N–H and O–H groups in total. The number of allylic oxidation sites excluding steroid dienone is 5. The second-order valence-electron chi connectivity index (χ2n) is 4.75. The maximum absolute atomic E-state index is 2.39. The first-order valence-corrected chi connectivity index (χ1v) is 7.91. The summed E-state index contributed by atoms with van der Waals surface area (Å²) >= 11 is 1.90. The predicted octanol–water partition coefficient (Wildman–Crippen LogP) is 5.77. The number of hydrogen-bond acceptors (Lipinski definition) is 1. The summed E-state index contributed by atoms with van der Waals surface area (Å²) in [6.45, 7) is 8.80. The molecule has 0 aromatic heterocycles. The van der Waals surface area contributed by atoms with E-state index >= 15 is 0 Å². The SMILES string of the molecule is C/C=C(\C)CC/C=C(\C)CC/C=C(\C)CSC. The van der Waals surface area contributed by atoms with Gasteiger partial charge in [0.05, 0.1) is 0 Å². The van der Waals surface area contributed by atoms with Crippen LogP contribution in [0.1, 0.15) is 53.4 Å². The average molecular weight is 252 g/mol. The third-order valence-electron chi connectivity index (χ3n) is 2.93. The van der Waals surface area contributed by atoms with Gasteiger partial charge < -0.3 is 0 Å². The molecule has 0 aliphatic heterocycles. The highest BCUT2D eigenvalue weighted by molar-refractivity contribution is 7.98. The highest BCUT2D eigenvalue weighted by Crippen LogP contribution is 2.12. The van der Waals surface area contributed by atoms with E-state index in [-0.39, 0.29) is 0 Å². The Hall–Kier alpha value is -0.430. The van der Waals surface area contributed by atoms with Crippen LogP contribution >= 0.6 is 11.8 Å². The Bertz CT molecular complexity index is 282. The summed E-state index contributed by atoms with van der Waals surface area (Å²) in [7, 11) is 0. The van der Waals surface area contributed by atoms with Crippen molar-refractivity contribution in [2.75, 3.05) is 12.0 Å². The van der Waals surface area contributed by atoms with E-state index in [1.807, 2.05) is 11.8 Å². The summed E-state index contributed by atoms with van der Waals surface area (Å²) in [5.41, 5.74) is 4.53. The second kappa shape index (κ2) is 10.7. The van der Waals surface area contributed by atoms with Crippen LogP contribution in [0.4, 0.5) is 0 Å². The molecule has 0 saturated heterocycles. The second-order valence-corrected chi connectivity index (χ2v) is 5.61. The summed E-state index contributed by atoms with van der Waals surface area (Å²) in [4.78, 5) is 0. The molecule has 17 heavy (non-hydrogen) atoms. The van der Waals surface area contributed by atoms with Gasteiger partial charge in [0, 0.05) is 5.75 Å². The van der Waals surface area contributed by atoms with Gasteiger partial charge >= 0.3 is 0 Å². The highest BCUT2D eigenvalue weighted by atomic mass is 32.2. The topological polar surface area (TPSA) is 0 Å². The standard InChI is InChI=1S/C16H28S/c1-6-14(2)9-7-10-15(3)11-8-12-16(4)13-17-5/h6,10,12H,7-9,11,13H2,1-5H3/b14-6+,15-10+,16-12+. The first-order chi connectivity index (χ1) is 8.10. The molecule has 0 saturated carbocycles. The van der Waals surface area contributed by atoms with Gasteiger partial charge in [0.25, 0.3) is 0 Å². The monoisotopic (exact) mass is 252 g/mol. The summed E-state index contributed by atoms with van der Waals surface area (Å²) in [5.74, 6) is 1.17. The van der Waals surface area contributed by atoms with Gasteiger partial charge in [-0.15, -0.1) is 0 Å². The number of rotatable bonds is 8. The maximum Gasteiger partial charge on any atom is 0.0137 e. The fourth-order valence-corrected chi connectivity index (χ4v) is 2.20. The molecule has 0 spiro atoms. The van der Waals surface area contributed by atoms with Crippen LogP contribution in [-0.2, 0) is 0 Å². The van der Waals surface area contributed by atoms with Crippen molar-refractivity contribution in [3.05, 3.63) is 34.9 Å². The van der Waals surface area contributed by atoms with Crippen molar-refractivity contribution >= 4 is 11.8 Å². The van der Waals surface area contributed by atoms with E-state index in [9.17, 15) is 0 Å². The largest absolute Gasteiger partial charge is 0.161 e. The van der Waals surface area contributed by atoms with Crippen molar-refractivity contribution in [3.63, 3.8) is 0 Å². The van der Waals surface area contributed by atoms with Gasteiger partial charge in [-0.05, 0) is 59.6 Å². The first-order valence-electron chi connectivity index (χ1n) is 6.52. The zero-order chi connectivity index (χ0) is 13.1. The molecule has 0 heterocycles. The molecule has 0 atom stereocenters. The molecule has 1 heteroatoms. The van der Waals surface area contributed by atoms with Crippen LogP contribution in [0.5, 0.6) is 0 Å². The minimum absolute atomic E-state index is 1.17. The molecule has 0 radical (unpaired) electrons. The van der Waals surface area contributed by atoms with Crippen LogP contribution in [0.3, 0.4) is 0 Å². The molecular weight excluding hydrogens is 224 g/mol. The summed E-state index contributed by atoms with van der Waals surface area (Å²) < 4.78 is 0. The van der Waals surface area contributed by atoms with E-state index in [1.165, 1.54) is 48.2 Å². The Labute approximate surface area is 112 Å². The Morgan fingerprint density at radius 2 is 1.41 bits per heavy atom. The van der Waals surface area contributed by atoms with Crippen LogP contribution in [0, 0.1) is 0 Å². The van der Waals surface area contributed by atoms with Crippen molar-refractivity contribution in [1.29, 1.82) is 0 Å². The first kappa shape index (κ1) is 16.6. The molecule has 0 rings (SSSR count). The van der Waals surface area contributed by atoms with E-state index < -0.39 is 0 Å². The van der Waals surface area contributed by atoms with Crippen LogP contribution in [-0.4, -0.2) is 12.0 Å². The normalized spacial score (nSPS) is 14.3. The number of hydrogen-bond donors (Lipinski definition) is 0. The summed E-state index contributed by atoms with van der Waals surface area (Å²) in [5, 5.41) is 0. The lowest BCUT2D eigenvalue weighted by Gasteiger charge is -2.01. The Kier molecular flexibility index (Phi) is 10.4. The molecule has 98 valence electrons. The molecule has 0 fully saturated rings. The van der Waals surface area contributed by atoms with Gasteiger partial charge in [-0.3, -0.25) is 0 Å². The third kappa shape index (κ3) is 10.4. The Balaban J connectivity index is 3.81. The molecule has 0 bridgehead atoms. The van der Waals surface area contributed by atoms with Crippen molar-refractivity contribution in [1.82, 2.24) is 0 Å².